The molecule has 3 unspecified atom stereocenters. The first-order valence-electron chi connectivity index (χ1n) is 10.6. The quantitative estimate of drug-likeness (QED) is 0.386. The average Bonchev–Trinajstić information content (AvgIpc) is 2.91. The minimum Gasteiger partial charge on any atom is -0.435 e. The van der Waals surface area contributed by atoms with E-state index in [4.69, 9.17) is 9.47 Å². The van der Waals surface area contributed by atoms with Crippen molar-refractivity contribution in [2.24, 2.45) is 0 Å². The summed E-state index contributed by atoms with van der Waals surface area (Å²) < 4.78 is 11.4. The first-order chi connectivity index (χ1) is 13.0. The van der Waals surface area contributed by atoms with Crippen molar-refractivity contribution in [3.05, 3.63) is 47.7 Å². The minimum absolute atomic E-state index is 0.171. The molecule has 1 fully saturated rings. The molecule has 1 aromatic rings. The van der Waals surface area contributed by atoms with Gasteiger partial charge in [-0.15, -0.1) is 0 Å². The summed E-state index contributed by atoms with van der Waals surface area (Å²) in [4.78, 5) is 12.1. The molecule has 1 saturated heterocycles. The highest BCUT2D eigenvalue weighted by Gasteiger charge is 2.20. The van der Waals surface area contributed by atoms with Crippen LogP contribution in [0.15, 0.2) is 36.6 Å². The van der Waals surface area contributed by atoms with E-state index < -0.39 is 0 Å². The van der Waals surface area contributed by atoms with Crippen LogP contribution in [-0.4, -0.2) is 18.2 Å². The molecule has 0 saturated carbocycles. The summed E-state index contributed by atoms with van der Waals surface area (Å²) in [5.74, 6) is 0.555. The van der Waals surface area contributed by atoms with E-state index >= 15 is 0 Å². The van der Waals surface area contributed by atoms with E-state index in [-0.39, 0.29) is 18.0 Å². The first-order valence-corrected chi connectivity index (χ1v) is 10.6. The second-order valence-corrected chi connectivity index (χ2v) is 8.04. The Morgan fingerprint density at radius 3 is 2.59 bits per heavy atom. The van der Waals surface area contributed by atoms with Crippen molar-refractivity contribution < 1.29 is 14.3 Å². The molecular formula is C24H36O3. The monoisotopic (exact) mass is 372 g/mol. The van der Waals surface area contributed by atoms with E-state index in [9.17, 15) is 4.79 Å². The van der Waals surface area contributed by atoms with E-state index in [1.807, 2.05) is 6.08 Å². The average molecular weight is 373 g/mol. The van der Waals surface area contributed by atoms with Crippen molar-refractivity contribution >= 4 is 5.97 Å². The Labute approximate surface area is 165 Å². The SMILES string of the molecule is CCC1CCCCC(CCC(=O)O/C=C/C(C)c2cccc(C(C)C)c2)O1. The maximum atomic E-state index is 12.1. The van der Waals surface area contributed by atoms with Crippen LogP contribution in [0, 0.1) is 0 Å². The van der Waals surface area contributed by atoms with Crippen LogP contribution in [0.4, 0.5) is 0 Å². The Hall–Kier alpha value is -1.61. The van der Waals surface area contributed by atoms with Crippen LogP contribution in [0.5, 0.6) is 0 Å². The highest BCUT2D eigenvalue weighted by atomic mass is 16.5. The minimum atomic E-state index is -0.171. The van der Waals surface area contributed by atoms with E-state index in [0.29, 0.717) is 18.4 Å². The zero-order valence-corrected chi connectivity index (χ0v) is 17.4. The normalized spacial score (nSPS) is 22.0. The van der Waals surface area contributed by atoms with Crippen LogP contribution in [0.3, 0.4) is 0 Å². The van der Waals surface area contributed by atoms with Gasteiger partial charge in [-0.3, -0.25) is 4.79 Å². The van der Waals surface area contributed by atoms with Crippen LogP contribution >= 0.6 is 0 Å². The van der Waals surface area contributed by atoms with Gasteiger partial charge in [0.05, 0.1) is 18.5 Å². The Kier molecular flexibility index (Phi) is 9.06. The fourth-order valence-electron chi connectivity index (χ4n) is 3.55. The van der Waals surface area contributed by atoms with Gasteiger partial charge in [-0.25, -0.2) is 0 Å². The fourth-order valence-corrected chi connectivity index (χ4v) is 3.55. The maximum Gasteiger partial charge on any atom is 0.310 e. The molecule has 1 aliphatic rings. The number of esters is 1. The molecule has 3 nitrogen and oxygen atoms in total. The summed E-state index contributed by atoms with van der Waals surface area (Å²) in [6.45, 7) is 8.68. The summed E-state index contributed by atoms with van der Waals surface area (Å²) in [6.07, 6.45) is 10.9. The highest BCUT2D eigenvalue weighted by molar-refractivity contribution is 5.70. The molecule has 2 rings (SSSR count). The van der Waals surface area contributed by atoms with Crippen LogP contribution in [0.2, 0.25) is 0 Å². The predicted octanol–water partition coefficient (Wildman–Crippen LogP) is 6.49. The Bertz CT molecular complexity index is 605. The number of carbonyl (C=O) groups excluding carboxylic acids is 1. The largest absolute Gasteiger partial charge is 0.435 e. The number of allylic oxidation sites excluding steroid dienone is 1. The molecule has 1 heterocycles. The molecular weight excluding hydrogens is 336 g/mol. The van der Waals surface area contributed by atoms with Crippen molar-refractivity contribution in [3.8, 4) is 0 Å². The molecule has 1 aliphatic heterocycles. The molecule has 0 aromatic heterocycles. The van der Waals surface area contributed by atoms with Gasteiger partial charge in [0, 0.05) is 12.3 Å². The van der Waals surface area contributed by atoms with Gasteiger partial charge in [0.1, 0.15) is 0 Å². The van der Waals surface area contributed by atoms with E-state index in [2.05, 4.69) is 52.0 Å². The van der Waals surface area contributed by atoms with E-state index in [1.165, 1.54) is 24.0 Å². The lowest BCUT2D eigenvalue weighted by atomic mass is 9.95. The Morgan fingerprint density at radius 2 is 1.89 bits per heavy atom. The van der Waals surface area contributed by atoms with E-state index in [0.717, 1.165) is 25.7 Å². The topological polar surface area (TPSA) is 35.5 Å². The molecule has 3 heteroatoms. The summed E-state index contributed by atoms with van der Waals surface area (Å²) in [5.41, 5.74) is 2.57. The summed E-state index contributed by atoms with van der Waals surface area (Å²) in [6, 6.07) is 8.60. The Morgan fingerprint density at radius 1 is 1.19 bits per heavy atom. The molecule has 0 radical (unpaired) electrons. The smallest absolute Gasteiger partial charge is 0.310 e. The van der Waals surface area contributed by atoms with Gasteiger partial charge in [0.25, 0.3) is 0 Å². The van der Waals surface area contributed by atoms with Crippen molar-refractivity contribution in [2.75, 3.05) is 0 Å². The maximum absolute atomic E-state index is 12.1. The number of benzene rings is 1. The number of ether oxygens (including phenoxy) is 2. The summed E-state index contributed by atoms with van der Waals surface area (Å²) in [7, 11) is 0. The standard InChI is InChI=1S/C24H36O3/c1-5-22-11-6-7-12-23(27-22)13-14-24(25)26-16-15-19(4)21-10-8-9-20(17-21)18(2)3/h8-10,15-19,22-23H,5-7,11-14H2,1-4H3/b16-15+. The third kappa shape index (κ3) is 7.50. The van der Waals surface area contributed by atoms with Gasteiger partial charge in [-0.1, -0.05) is 64.8 Å². The number of carbonyl (C=O) groups is 1. The molecule has 0 spiro atoms. The summed E-state index contributed by atoms with van der Waals surface area (Å²) in [5, 5.41) is 0. The van der Waals surface area contributed by atoms with Crippen molar-refractivity contribution in [1.29, 1.82) is 0 Å². The van der Waals surface area contributed by atoms with Crippen molar-refractivity contribution in [2.45, 2.75) is 96.7 Å². The summed E-state index contributed by atoms with van der Waals surface area (Å²) >= 11 is 0. The van der Waals surface area contributed by atoms with Crippen LogP contribution in [0.25, 0.3) is 0 Å². The number of hydrogen-bond acceptors (Lipinski definition) is 3. The lowest BCUT2D eigenvalue weighted by Crippen LogP contribution is -2.20. The van der Waals surface area contributed by atoms with Gasteiger partial charge in [-0.2, -0.15) is 0 Å². The van der Waals surface area contributed by atoms with Gasteiger partial charge >= 0.3 is 5.97 Å². The lowest BCUT2D eigenvalue weighted by Gasteiger charge is -2.20. The number of rotatable bonds is 8. The first kappa shape index (κ1) is 21.7. The Balaban J connectivity index is 1.76. The molecule has 0 N–H and O–H groups in total. The second kappa shape index (κ2) is 11.3. The van der Waals surface area contributed by atoms with Gasteiger partial charge < -0.3 is 9.47 Å². The van der Waals surface area contributed by atoms with Crippen LogP contribution in [0.1, 0.15) is 95.6 Å². The van der Waals surface area contributed by atoms with Gasteiger partial charge in [0.2, 0.25) is 0 Å². The van der Waals surface area contributed by atoms with Gasteiger partial charge in [-0.05, 0) is 48.8 Å². The predicted molar refractivity (Wildman–Crippen MR) is 111 cm³/mol. The molecule has 0 aliphatic carbocycles. The molecule has 0 bridgehead atoms. The second-order valence-electron chi connectivity index (χ2n) is 8.04. The highest BCUT2D eigenvalue weighted by Crippen LogP contribution is 2.24. The molecule has 150 valence electrons. The number of hydrogen-bond donors (Lipinski definition) is 0. The molecule has 3 atom stereocenters. The zero-order valence-electron chi connectivity index (χ0n) is 17.4. The molecule has 1 aromatic carbocycles. The molecule has 0 amide bonds. The van der Waals surface area contributed by atoms with Crippen molar-refractivity contribution in [3.63, 3.8) is 0 Å². The zero-order chi connectivity index (χ0) is 19.6. The van der Waals surface area contributed by atoms with Crippen LogP contribution in [-0.2, 0) is 14.3 Å². The van der Waals surface area contributed by atoms with Crippen LogP contribution < -0.4 is 0 Å². The van der Waals surface area contributed by atoms with Gasteiger partial charge in [0.15, 0.2) is 0 Å². The third-order valence-electron chi connectivity index (χ3n) is 5.48. The molecule has 27 heavy (non-hydrogen) atoms. The fraction of sp³-hybridized carbons (Fsp3) is 0.625. The third-order valence-corrected chi connectivity index (χ3v) is 5.48. The lowest BCUT2D eigenvalue weighted by molar-refractivity contribution is -0.139. The van der Waals surface area contributed by atoms with Crippen molar-refractivity contribution in [1.82, 2.24) is 0 Å². The van der Waals surface area contributed by atoms with E-state index in [1.54, 1.807) is 6.26 Å².